The molecular formula is C22H20FN5O2. The number of carbonyl (C=O) groups is 1. The van der Waals surface area contributed by atoms with Crippen LogP contribution >= 0.6 is 0 Å². The van der Waals surface area contributed by atoms with E-state index in [0.717, 1.165) is 16.7 Å². The van der Waals surface area contributed by atoms with Crippen LogP contribution < -0.4 is 15.4 Å². The molecule has 0 saturated heterocycles. The van der Waals surface area contributed by atoms with E-state index in [4.69, 9.17) is 4.74 Å². The lowest BCUT2D eigenvalue weighted by Gasteiger charge is -2.08. The number of benzene rings is 2. The number of nitrogens with one attached hydrogen (secondary N) is 2. The molecule has 2 heterocycles. The van der Waals surface area contributed by atoms with Crippen molar-refractivity contribution in [1.82, 2.24) is 19.9 Å². The molecule has 4 rings (SSSR count). The molecular weight excluding hydrogens is 385 g/mol. The first kappa shape index (κ1) is 19.4. The van der Waals surface area contributed by atoms with Crippen LogP contribution in [0.4, 0.5) is 16.0 Å². The van der Waals surface area contributed by atoms with Gasteiger partial charge in [0.15, 0.2) is 0 Å². The Hall–Kier alpha value is -3.94. The van der Waals surface area contributed by atoms with Crippen molar-refractivity contribution in [3.8, 4) is 11.5 Å². The Morgan fingerprint density at radius 3 is 2.67 bits per heavy atom. The molecule has 0 saturated carbocycles. The van der Waals surface area contributed by atoms with Gasteiger partial charge in [0.2, 0.25) is 5.95 Å². The second-order valence-corrected chi connectivity index (χ2v) is 6.79. The number of aryl methyl sites for hydroxylation is 2. The fourth-order valence-electron chi connectivity index (χ4n) is 3.07. The van der Waals surface area contributed by atoms with Crippen LogP contribution in [-0.2, 0) is 7.05 Å². The van der Waals surface area contributed by atoms with Crippen molar-refractivity contribution in [2.45, 2.75) is 6.92 Å². The summed E-state index contributed by atoms with van der Waals surface area (Å²) in [6.07, 6.45) is 1.52. The highest BCUT2D eigenvalue weighted by atomic mass is 19.1. The van der Waals surface area contributed by atoms with Gasteiger partial charge in [0.25, 0.3) is 5.91 Å². The first-order chi connectivity index (χ1) is 14.4. The Balaban J connectivity index is 1.60. The van der Waals surface area contributed by atoms with Crippen LogP contribution in [0.2, 0.25) is 0 Å². The van der Waals surface area contributed by atoms with Crippen molar-refractivity contribution in [2.75, 3.05) is 12.4 Å². The summed E-state index contributed by atoms with van der Waals surface area (Å²) in [5.74, 6) is 1.17. The lowest BCUT2D eigenvalue weighted by molar-refractivity contribution is 0.0958. The monoisotopic (exact) mass is 405 g/mol. The molecule has 0 aliphatic carbocycles. The minimum atomic E-state index is -0.285. The van der Waals surface area contributed by atoms with E-state index < -0.39 is 0 Å². The highest BCUT2D eigenvalue weighted by Gasteiger charge is 2.11. The van der Waals surface area contributed by atoms with Gasteiger partial charge in [-0.2, -0.15) is 0 Å². The SMILES string of the molecule is CNC(=O)c1cc(Oc2ccc3c(c2)nc(Nc2ccc(F)c(C)c2)n3C)ccn1. The van der Waals surface area contributed by atoms with Gasteiger partial charge < -0.3 is 19.9 Å². The van der Waals surface area contributed by atoms with E-state index in [1.807, 2.05) is 29.8 Å². The van der Waals surface area contributed by atoms with Crippen molar-refractivity contribution in [1.29, 1.82) is 0 Å². The van der Waals surface area contributed by atoms with Gasteiger partial charge in [0, 0.05) is 38.1 Å². The largest absolute Gasteiger partial charge is 0.457 e. The van der Waals surface area contributed by atoms with E-state index in [1.165, 1.54) is 12.3 Å². The number of hydrogen-bond acceptors (Lipinski definition) is 5. The van der Waals surface area contributed by atoms with Crippen LogP contribution in [0.5, 0.6) is 11.5 Å². The number of rotatable bonds is 5. The van der Waals surface area contributed by atoms with E-state index >= 15 is 0 Å². The molecule has 0 atom stereocenters. The topological polar surface area (TPSA) is 81.1 Å². The molecule has 0 spiro atoms. The minimum absolute atomic E-state index is 0.247. The molecule has 2 aromatic heterocycles. The average Bonchev–Trinajstić information content (AvgIpc) is 3.05. The molecule has 0 bridgehead atoms. The molecule has 0 unspecified atom stereocenters. The molecule has 0 fully saturated rings. The van der Waals surface area contributed by atoms with Crippen LogP contribution in [0.25, 0.3) is 11.0 Å². The lowest BCUT2D eigenvalue weighted by Crippen LogP contribution is -2.18. The number of carbonyl (C=O) groups excluding carboxylic acids is 1. The van der Waals surface area contributed by atoms with Gasteiger partial charge >= 0.3 is 0 Å². The summed E-state index contributed by atoms with van der Waals surface area (Å²) in [6, 6.07) is 13.6. The number of amides is 1. The average molecular weight is 405 g/mol. The second-order valence-electron chi connectivity index (χ2n) is 6.79. The van der Waals surface area contributed by atoms with Gasteiger partial charge in [0.05, 0.1) is 11.0 Å². The molecule has 2 N–H and O–H groups in total. The number of nitrogens with zero attached hydrogens (tertiary/aromatic N) is 3. The number of imidazole rings is 1. The van der Waals surface area contributed by atoms with E-state index in [2.05, 4.69) is 20.6 Å². The molecule has 7 nitrogen and oxygen atoms in total. The van der Waals surface area contributed by atoms with Gasteiger partial charge in [-0.15, -0.1) is 0 Å². The van der Waals surface area contributed by atoms with Gasteiger partial charge in [-0.3, -0.25) is 9.78 Å². The van der Waals surface area contributed by atoms with E-state index in [-0.39, 0.29) is 17.4 Å². The maximum Gasteiger partial charge on any atom is 0.269 e. The van der Waals surface area contributed by atoms with Crippen molar-refractivity contribution in [2.24, 2.45) is 7.05 Å². The maximum absolute atomic E-state index is 13.5. The summed E-state index contributed by atoms with van der Waals surface area (Å²) in [6.45, 7) is 1.72. The zero-order valence-electron chi connectivity index (χ0n) is 16.7. The molecule has 4 aromatic rings. The third-order valence-electron chi connectivity index (χ3n) is 4.69. The predicted molar refractivity (Wildman–Crippen MR) is 113 cm³/mol. The summed E-state index contributed by atoms with van der Waals surface area (Å²) in [4.78, 5) is 20.4. The number of hydrogen-bond donors (Lipinski definition) is 2. The molecule has 152 valence electrons. The van der Waals surface area contributed by atoms with Crippen molar-refractivity contribution in [3.63, 3.8) is 0 Å². The van der Waals surface area contributed by atoms with Crippen LogP contribution in [0.15, 0.2) is 54.7 Å². The summed E-state index contributed by atoms with van der Waals surface area (Å²) in [7, 11) is 3.44. The minimum Gasteiger partial charge on any atom is -0.457 e. The van der Waals surface area contributed by atoms with Gasteiger partial charge in [-0.25, -0.2) is 9.37 Å². The fourth-order valence-corrected chi connectivity index (χ4v) is 3.07. The first-order valence-corrected chi connectivity index (χ1v) is 9.30. The summed E-state index contributed by atoms with van der Waals surface area (Å²) in [5.41, 5.74) is 3.22. The summed E-state index contributed by atoms with van der Waals surface area (Å²) >= 11 is 0. The van der Waals surface area contributed by atoms with Gasteiger partial charge in [-0.1, -0.05) is 0 Å². The fraction of sp³-hybridized carbons (Fsp3) is 0.136. The Morgan fingerprint density at radius 2 is 1.90 bits per heavy atom. The van der Waals surface area contributed by atoms with E-state index in [0.29, 0.717) is 23.0 Å². The molecule has 0 aliphatic heterocycles. The number of pyridine rings is 1. The van der Waals surface area contributed by atoms with Crippen LogP contribution in [-0.4, -0.2) is 27.5 Å². The first-order valence-electron chi connectivity index (χ1n) is 9.30. The third kappa shape index (κ3) is 3.80. The Morgan fingerprint density at radius 1 is 1.10 bits per heavy atom. The lowest BCUT2D eigenvalue weighted by atomic mass is 10.2. The molecule has 30 heavy (non-hydrogen) atoms. The normalized spacial score (nSPS) is 10.8. The standard InChI is InChI=1S/C22H20FN5O2/c1-13-10-14(4-6-17(13)23)26-22-27-18-11-15(5-7-20(18)28(22)3)30-16-8-9-25-19(12-16)21(29)24-2/h4-12H,1-3H3,(H,24,29)(H,26,27). The molecule has 2 aromatic carbocycles. The number of aromatic nitrogens is 3. The molecule has 8 heteroatoms. The quantitative estimate of drug-likeness (QED) is 0.517. The van der Waals surface area contributed by atoms with Crippen LogP contribution in [0, 0.1) is 12.7 Å². The van der Waals surface area contributed by atoms with Crippen molar-refractivity contribution in [3.05, 3.63) is 71.8 Å². The number of halogens is 1. The van der Waals surface area contributed by atoms with Gasteiger partial charge in [-0.05, 0) is 48.9 Å². The summed E-state index contributed by atoms with van der Waals surface area (Å²) in [5, 5.41) is 5.75. The number of ether oxygens (including phenoxy) is 1. The third-order valence-corrected chi connectivity index (χ3v) is 4.69. The van der Waals surface area contributed by atoms with Crippen LogP contribution in [0.1, 0.15) is 16.1 Å². The molecule has 0 aliphatic rings. The molecule has 1 amide bonds. The number of fused-ring (bicyclic) bond motifs is 1. The van der Waals surface area contributed by atoms with E-state index in [1.54, 1.807) is 38.2 Å². The highest BCUT2D eigenvalue weighted by molar-refractivity contribution is 5.92. The molecule has 0 radical (unpaired) electrons. The van der Waals surface area contributed by atoms with Crippen molar-refractivity contribution >= 4 is 28.6 Å². The van der Waals surface area contributed by atoms with Crippen molar-refractivity contribution < 1.29 is 13.9 Å². The Bertz CT molecular complexity index is 1250. The van der Waals surface area contributed by atoms with E-state index in [9.17, 15) is 9.18 Å². The number of anilines is 2. The predicted octanol–water partition coefficient (Wildman–Crippen LogP) is 4.31. The Kier molecular flexibility index (Phi) is 5.05. The highest BCUT2D eigenvalue weighted by Crippen LogP contribution is 2.28. The smallest absolute Gasteiger partial charge is 0.269 e. The Labute approximate surface area is 172 Å². The summed E-state index contributed by atoms with van der Waals surface area (Å²) < 4.78 is 21.3. The maximum atomic E-state index is 13.5. The van der Waals surface area contributed by atoms with Gasteiger partial charge in [0.1, 0.15) is 23.0 Å². The second kappa shape index (κ2) is 7.82. The van der Waals surface area contributed by atoms with Crippen LogP contribution in [0.3, 0.4) is 0 Å². The zero-order chi connectivity index (χ0) is 21.3. The zero-order valence-corrected chi connectivity index (χ0v) is 16.7.